The molecule has 1 atom stereocenters. The number of likely N-dealkylation sites (N-methyl/N-ethyl adjacent to an activating group) is 1. The largest absolute Gasteiger partial charge is 0.358 e. The van der Waals surface area contributed by atoms with E-state index in [0.717, 1.165) is 23.8 Å². The van der Waals surface area contributed by atoms with E-state index < -0.39 is 11.9 Å². The third-order valence-corrected chi connectivity index (χ3v) is 6.07. The highest BCUT2D eigenvalue weighted by atomic mass is 19.1. The van der Waals surface area contributed by atoms with Crippen molar-refractivity contribution in [1.82, 2.24) is 24.5 Å². The van der Waals surface area contributed by atoms with Gasteiger partial charge < -0.3 is 10.2 Å². The van der Waals surface area contributed by atoms with E-state index in [4.69, 9.17) is 0 Å². The number of nitrogens with one attached hydrogen (secondary N) is 1. The molecule has 1 aromatic carbocycles. The van der Waals surface area contributed by atoms with E-state index in [2.05, 4.69) is 38.6 Å². The van der Waals surface area contributed by atoms with E-state index in [1.807, 2.05) is 19.1 Å². The van der Waals surface area contributed by atoms with Crippen LogP contribution in [-0.2, 0) is 11.2 Å². The summed E-state index contributed by atoms with van der Waals surface area (Å²) in [6.07, 6.45) is 8.02. The zero-order valence-corrected chi connectivity index (χ0v) is 19.3. The van der Waals surface area contributed by atoms with Crippen molar-refractivity contribution in [2.24, 2.45) is 0 Å². The van der Waals surface area contributed by atoms with E-state index in [-0.39, 0.29) is 5.91 Å². The first-order valence-electron chi connectivity index (χ1n) is 11.1. The van der Waals surface area contributed by atoms with E-state index in [1.165, 1.54) is 17.2 Å². The van der Waals surface area contributed by atoms with Gasteiger partial charge in [0, 0.05) is 43.9 Å². The summed E-state index contributed by atoms with van der Waals surface area (Å²) >= 11 is 0. The van der Waals surface area contributed by atoms with Gasteiger partial charge in [-0.15, -0.1) is 0 Å². The van der Waals surface area contributed by atoms with E-state index >= 15 is 0 Å². The number of aryl methyl sites for hydroxylation is 1. The Labute approximate surface area is 197 Å². The van der Waals surface area contributed by atoms with Crippen molar-refractivity contribution in [2.75, 3.05) is 19.4 Å². The monoisotopic (exact) mass is 456 g/mol. The summed E-state index contributed by atoms with van der Waals surface area (Å²) in [6.45, 7) is 1.91. The quantitative estimate of drug-likeness (QED) is 0.472. The van der Waals surface area contributed by atoms with Crippen LogP contribution in [0.3, 0.4) is 0 Å². The Hall–Kier alpha value is -4.07. The molecule has 3 aromatic heterocycles. The van der Waals surface area contributed by atoms with Crippen molar-refractivity contribution in [2.45, 2.75) is 25.8 Å². The van der Waals surface area contributed by atoms with Crippen LogP contribution in [0.5, 0.6) is 0 Å². The lowest BCUT2D eigenvalue weighted by Crippen LogP contribution is -2.39. The second-order valence-corrected chi connectivity index (χ2v) is 8.71. The lowest BCUT2D eigenvalue weighted by Gasteiger charge is -2.24. The van der Waals surface area contributed by atoms with Gasteiger partial charge in [-0.1, -0.05) is 30.3 Å². The smallest absolute Gasteiger partial charge is 0.244 e. The molecular weight excluding hydrogens is 431 g/mol. The summed E-state index contributed by atoms with van der Waals surface area (Å²) < 4.78 is 15.5. The van der Waals surface area contributed by atoms with Crippen LogP contribution in [0, 0.1) is 12.7 Å². The van der Waals surface area contributed by atoms with Crippen molar-refractivity contribution in [1.29, 1.82) is 0 Å². The number of allylic oxidation sites excluding steroid dienone is 1. The number of hydrogen-bond donors (Lipinski definition) is 1. The normalized spacial score (nSPS) is 13.5. The number of carbonyl (C=O) groups is 1. The van der Waals surface area contributed by atoms with Gasteiger partial charge in [0.15, 0.2) is 5.65 Å². The number of halogens is 1. The zero-order valence-electron chi connectivity index (χ0n) is 19.3. The lowest BCUT2D eigenvalue weighted by atomic mass is 9.99. The highest BCUT2D eigenvalue weighted by Gasteiger charge is 2.26. The summed E-state index contributed by atoms with van der Waals surface area (Å²) in [5.74, 6) is 0.115. The Kier molecular flexibility index (Phi) is 5.57. The number of carbonyl (C=O) groups excluding carboxylic acids is 1. The molecule has 1 N–H and O–H groups in total. The van der Waals surface area contributed by atoms with Crippen LogP contribution in [0.25, 0.3) is 22.5 Å². The fourth-order valence-electron chi connectivity index (χ4n) is 4.33. The van der Waals surface area contributed by atoms with Crippen molar-refractivity contribution in [3.05, 3.63) is 83.6 Å². The van der Waals surface area contributed by atoms with E-state index in [0.29, 0.717) is 29.1 Å². The van der Waals surface area contributed by atoms with E-state index in [1.54, 1.807) is 42.0 Å². The molecule has 1 aliphatic carbocycles. The lowest BCUT2D eigenvalue weighted by molar-refractivity contribution is -0.129. The van der Waals surface area contributed by atoms with Gasteiger partial charge in [0.2, 0.25) is 5.91 Å². The first kappa shape index (κ1) is 21.8. The molecule has 7 nitrogen and oxygen atoms in total. The molecule has 0 aliphatic heterocycles. The van der Waals surface area contributed by atoms with Crippen molar-refractivity contribution in [3.63, 3.8) is 0 Å². The van der Waals surface area contributed by atoms with Crippen LogP contribution in [0.1, 0.15) is 23.1 Å². The number of nitrogens with zero attached hydrogens (tertiary/aromatic N) is 5. The molecule has 0 spiro atoms. The number of pyridine rings is 1. The average molecular weight is 457 g/mol. The molecule has 1 aliphatic rings. The number of aromatic nitrogens is 4. The van der Waals surface area contributed by atoms with Crippen molar-refractivity contribution >= 4 is 22.9 Å². The Morgan fingerprint density at radius 2 is 2.03 bits per heavy atom. The summed E-state index contributed by atoms with van der Waals surface area (Å²) in [4.78, 5) is 23.4. The van der Waals surface area contributed by atoms with Gasteiger partial charge in [0.25, 0.3) is 0 Å². The minimum Gasteiger partial charge on any atom is -0.358 e. The minimum absolute atomic E-state index is 0.0481. The Bertz CT molecular complexity index is 1420. The molecule has 0 saturated carbocycles. The maximum atomic E-state index is 13.9. The maximum Gasteiger partial charge on any atom is 0.244 e. The van der Waals surface area contributed by atoms with Gasteiger partial charge >= 0.3 is 0 Å². The van der Waals surface area contributed by atoms with Crippen molar-refractivity contribution < 1.29 is 9.18 Å². The molecule has 5 rings (SSSR count). The van der Waals surface area contributed by atoms with Gasteiger partial charge in [0.1, 0.15) is 17.7 Å². The highest BCUT2D eigenvalue weighted by Crippen LogP contribution is 2.32. The van der Waals surface area contributed by atoms with Crippen LogP contribution in [0.15, 0.2) is 61.1 Å². The number of amides is 1. The summed E-state index contributed by atoms with van der Waals surface area (Å²) in [6, 6.07) is 10.9. The van der Waals surface area contributed by atoms with Crippen LogP contribution in [0.2, 0.25) is 0 Å². The second kappa shape index (κ2) is 8.70. The summed E-state index contributed by atoms with van der Waals surface area (Å²) in [5, 5.41) is 7.87. The molecule has 0 bridgehead atoms. The van der Waals surface area contributed by atoms with Gasteiger partial charge in [-0.25, -0.2) is 9.37 Å². The molecule has 8 heteroatoms. The molecule has 0 saturated heterocycles. The van der Waals surface area contributed by atoms with Gasteiger partial charge in [-0.3, -0.25) is 9.78 Å². The van der Waals surface area contributed by atoms with Crippen molar-refractivity contribution in [3.8, 4) is 11.3 Å². The van der Waals surface area contributed by atoms with Gasteiger partial charge in [-0.2, -0.15) is 9.61 Å². The Morgan fingerprint density at radius 3 is 2.82 bits per heavy atom. The number of fused-ring (bicyclic) bond motifs is 2. The molecule has 0 fully saturated rings. The van der Waals surface area contributed by atoms with Crippen LogP contribution < -0.4 is 5.32 Å². The number of anilines is 1. The summed E-state index contributed by atoms with van der Waals surface area (Å²) in [7, 11) is 3.50. The van der Waals surface area contributed by atoms with Crippen LogP contribution in [0.4, 0.5) is 10.2 Å². The second-order valence-electron chi connectivity index (χ2n) is 8.71. The number of hydrogen-bond acceptors (Lipinski definition) is 5. The zero-order chi connectivity index (χ0) is 23.8. The Morgan fingerprint density at radius 1 is 1.21 bits per heavy atom. The standard InChI is InChI=1S/C26H25FN6O/c1-16-13-29-33-24(12-22(31-25(16)33)19-10-20(27)15-28-14-19)30-23(26(34)32(2)3)11-18-9-8-17-6-4-5-7-21(17)18/h4-7,9-10,12-15,23,30H,8,11H2,1-3H3/t23-/m0/s1. The predicted molar refractivity (Wildman–Crippen MR) is 130 cm³/mol. The fourth-order valence-corrected chi connectivity index (χ4v) is 4.33. The molecule has 1 amide bonds. The Balaban J connectivity index is 1.55. The molecule has 0 radical (unpaired) electrons. The van der Waals surface area contributed by atoms with Gasteiger partial charge in [0.05, 0.1) is 18.1 Å². The molecule has 34 heavy (non-hydrogen) atoms. The third-order valence-electron chi connectivity index (χ3n) is 6.07. The molecule has 172 valence electrons. The van der Waals surface area contributed by atoms with Crippen LogP contribution in [-0.4, -0.2) is 50.5 Å². The number of rotatable bonds is 6. The van der Waals surface area contributed by atoms with E-state index in [9.17, 15) is 9.18 Å². The maximum absolute atomic E-state index is 13.9. The highest BCUT2D eigenvalue weighted by molar-refractivity contribution is 5.88. The SMILES string of the molecule is Cc1cnn2c(N[C@@H](CC3=CCc4ccccc43)C(=O)N(C)C)cc(-c3cncc(F)c3)nc12. The first-order chi connectivity index (χ1) is 16.4. The third kappa shape index (κ3) is 4.03. The number of benzene rings is 1. The topological polar surface area (TPSA) is 75.4 Å². The molecule has 0 unspecified atom stereocenters. The first-order valence-corrected chi connectivity index (χ1v) is 11.1. The molecule has 4 aromatic rings. The van der Waals surface area contributed by atoms with Crippen LogP contribution >= 0.6 is 0 Å². The average Bonchev–Trinajstić information content (AvgIpc) is 3.41. The predicted octanol–water partition coefficient (Wildman–Crippen LogP) is 4.14. The summed E-state index contributed by atoms with van der Waals surface area (Å²) in [5.41, 5.74) is 6.19. The molecular formula is C26H25FN6O. The molecule has 3 heterocycles. The minimum atomic E-state index is -0.527. The fraction of sp³-hybridized carbons (Fsp3) is 0.231. The van der Waals surface area contributed by atoms with Gasteiger partial charge in [-0.05, 0) is 36.1 Å².